The molecular formula is C24H28N4O2S. The van der Waals surface area contributed by atoms with Crippen LogP contribution in [0, 0.1) is 0 Å². The minimum absolute atomic E-state index is 0.0317. The molecule has 0 radical (unpaired) electrons. The average molecular weight is 437 g/mol. The van der Waals surface area contributed by atoms with E-state index in [2.05, 4.69) is 39.0 Å². The minimum atomic E-state index is -0.548. The molecule has 4 rings (SSSR count). The molecule has 6 nitrogen and oxygen atoms in total. The smallest absolute Gasteiger partial charge is 0.256 e. The van der Waals surface area contributed by atoms with Crippen LogP contribution in [0.15, 0.2) is 65.8 Å². The third-order valence-corrected chi connectivity index (χ3v) is 6.90. The zero-order valence-electron chi connectivity index (χ0n) is 18.0. The monoisotopic (exact) mass is 436 g/mol. The molecule has 1 fully saturated rings. The number of carbonyl (C=O) groups is 1. The van der Waals surface area contributed by atoms with Gasteiger partial charge in [0.05, 0.1) is 0 Å². The maximum absolute atomic E-state index is 13.0. The molecule has 3 aromatic rings. The summed E-state index contributed by atoms with van der Waals surface area (Å²) in [5, 5.41) is 9.83. The molecular weight excluding hydrogens is 408 g/mol. The number of nitrogens with zero attached hydrogens (tertiary/aromatic N) is 4. The Kier molecular flexibility index (Phi) is 7.04. The molecule has 0 bridgehead atoms. The van der Waals surface area contributed by atoms with Gasteiger partial charge in [0, 0.05) is 38.9 Å². The lowest BCUT2D eigenvalue weighted by atomic mass is 9.95. The first-order valence-corrected chi connectivity index (χ1v) is 11.6. The van der Waals surface area contributed by atoms with E-state index in [4.69, 9.17) is 4.74 Å². The summed E-state index contributed by atoms with van der Waals surface area (Å²) in [5.41, 5.74) is 2.17. The van der Waals surface area contributed by atoms with Crippen LogP contribution < -0.4 is 0 Å². The fourth-order valence-corrected chi connectivity index (χ4v) is 4.93. The molecule has 0 N–H and O–H groups in total. The third-order valence-electron chi connectivity index (χ3n) is 5.81. The molecule has 2 heterocycles. The molecule has 1 aromatic heterocycles. The second-order valence-electron chi connectivity index (χ2n) is 7.80. The zero-order chi connectivity index (χ0) is 21.6. The van der Waals surface area contributed by atoms with Crippen LogP contribution in [0.25, 0.3) is 0 Å². The van der Waals surface area contributed by atoms with Gasteiger partial charge < -0.3 is 14.2 Å². The number of thioether (sulfide) groups is 1. The SMILES string of the molecule is CO[C@H](C(=O)N1CCC(c2nnc(SCc3ccccc3)n2C)CC1)c1ccccc1. The zero-order valence-corrected chi connectivity index (χ0v) is 18.8. The molecule has 7 heteroatoms. The summed E-state index contributed by atoms with van der Waals surface area (Å²) in [4.78, 5) is 14.9. The van der Waals surface area contributed by atoms with Crippen LogP contribution in [0.1, 0.15) is 41.8 Å². The fraction of sp³-hybridized carbons (Fsp3) is 0.375. The van der Waals surface area contributed by atoms with Gasteiger partial charge in [0.25, 0.3) is 5.91 Å². The van der Waals surface area contributed by atoms with Gasteiger partial charge in [-0.05, 0) is 24.0 Å². The lowest BCUT2D eigenvalue weighted by molar-refractivity contribution is -0.143. The van der Waals surface area contributed by atoms with E-state index in [9.17, 15) is 4.79 Å². The van der Waals surface area contributed by atoms with Crippen molar-refractivity contribution >= 4 is 17.7 Å². The number of methoxy groups -OCH3 is 1. The van der Waals surface area contributed by atoms with Gasteiger partial charge >= 0.3 is 0 Å². The van der Waals surface area contributed by atoms with E-state index in [1.165, 1.54) is 5.56 Å². The van der Waals surface area contributed by atoms with Gasteiger partial charge in [-0.1, -0.05) is 72.4 Å². The van der Waals surface area contributed by atoms with Crippen molar-refractivity contribution in [2.24, 2.45) is 7.05 Å². The molecule has 0 aliphatic carbocycles. The molecule has 0 spiro atoms. The highest BCUT2D eigenvalue weighted by Gasteiger charge is 2.31. The summed E-state index contributed by atoms with van der Waals surface area (Å²) in [6.45, 7) is 1.41. The third kappa shape index (κ3) is 4.99. The molecule has 2 aromatic carbocycles. The Labute approximate surface area is 187 Å². The number of hydrogen-bond donors (Lipinski definition) is 0. The van der Waals surface area contributed by atoms with Gasteiger partial charge in [0.2, 0.25) is 0 Å². The second-order valence-corrected chi connectivity index (χ2v) is 8.74. The normalized spacial score (nSPS) is 15.7. The highest BCUT2D eigenvalue weighted by atomic mass is 32.2. The van der Waals surface area contributed by atoms with E-state index in [0.717, 1.165) is 35.1 Å². The first-order valence-electron chi connectivity index (χ1n) is 10.6. The van der Waals surface area contributed by atoms with E-state index in [0.29, 0.717) is 19.0 Å². The number of hydrogen-bond acceptors (Lipinski definition) is 5. The Hall–Kier alpha value is -2.64. The van der Waals surface area contributed by atoms with Crippen molar-refractivity contribution in [2.45, 2.75) is 35.8 Å². The van der Waals surface area contributed by atoms with E-state index >= 15 is 0 Å². The summed E-state index contributed by atoms with van der Waals surface area (Å²) in [7, 11) is 3.63. The van der Waals surface area contributed by atoms with Crippen LogP contribution in [-0.2, 0) is 22.3 Å². The number of amides is 1. The highest BCUT2D eigenvalue weighted by molar-refractivity contribution is 7.98. The standard InChI is InChI=1S/C24H28N4O2S/c1-27-22(25-26-24(27)31-17-18-9-5-3-6-10-18)20-13-15-28(16-14-20)23(29)21(30-2)19-11-7-4-8-12-19/h3-12,20-21H,13-17H2,1-2H3/t21-/m0/s1. The van der Waals surface area contributed by atoms with Gasteiger partial charge in [-0.25, -0.2) is 0 Å². The molecule has 1 atom stereocenters. The van der Waals surface area contributed by atoms with Crippen LogP contribution in [0.5, 0.6) is 0 Å². The van der Waals surface area contributed by atoms with Crippen LogP contribution >= 0.6 is 11.8 Å². The summed E-state index contributed by atoms with van der Waals surface area (Å²) >= 11 is 1.70. The van der Waals surface area contributed by atoms with Crippen LogP contribution in [0.4, 0.5) is 0 Å². The molecule has 162 valence electrons. The lowest BCUT2D eigenvalue weighted by Gasteiger charge is -2.33. The van der Waals surface area contributed by atoms with E-state index < -0.39 is 6.10 Å². The summed E-state index contributed by atoms with van der Waals surface area (Å²) in [6.07, 6.45) is 1.21. The number of likely N-dealkylation sites (tertiary alicyclic amines) is 1. The lowest BCUT2D eigenvalue weighted by Crippen LogP contribution is -2.41. The fourth-order valence-electron chi connectivity index (χ4n) is 4.06. The number of rotatable bonds is 7. The van der Waals surface area contributed by atoms with Gasteiger partial charge in [0.15, 0.2) is 11.3 Å². The van der Waals surface area contributed by atoms with Gasteiger partial charge in [0.1, 0.15) is 5.82 Å². The van der Waals surface area contributed by atoms with Gasteiger partial charge in [-0.15, -0.1) is 10.2 Å². The first kappa shape index (κ1) is 21.6. The van der Waals surface area contributed by atoms with Crippen molar-refractivity contribution in [1.29, 1.82) is 0 Å². The summed E-state index contributed by atoms with van der Waals surface area (Å²) in [6, 6.07) is 20.1. The predicted molar refractivity (Wildman–Crippen MR) is 122 cm³/mol. The van der Waals surface area contributed by atoms with Crippen LogP contribution in [0.2, 0.25) is 0 Å². The van der Waals surface area contributed by atoms with Gasteiger partial charge in [-0.2, -0.15) is 0 Å². The Bertz CT molecular complexity index is 985. The molecule has 1 saturated heterocycles. The van der Waals surface area contributed by atoms with Gasteiger partial charge in [-0.3, -0.25) is 4.79 Å². The highest BCUT2D eigenvalue weighted by Crippen LogP contribution is 2.31. The number of carbonyl (C=O) groups excluding carboxylic acids is 1. The molecule has 31 heavy (non-hydrogen) atoms. The summed E-state index contributed by atoms with van der Waals surface area (Å²) < 4.78 is 7.64. The number of benzene rings is 2. The second kappa shape index (κ2) is 10.1. The Morgan fingerprint density at radius 2 is 1.71 bits per heavy atom. The van der Waals surface area contributed by atoms with Crippen LogP contribution in [0.3, 0.4) is 0 Å². The first-order chi connectivity index (χ1) is 15.2. The topological polar surface area (TPSA) is 60.2 Å². The number of ether oxygens (including phenoxy) is 1. The number of aromatic nitrogens is 3. The molecule has 1 aliphatic heterocycles. The van der Waals surface area contributed by atoms with Crippen LogP contribution in [-0.4, -0.2) is 45.8 Å². The van der Waals surface area contributed by atoms with Crippen molar-refractivity contribution in [3.63, 3.8) is 0 Å². The maximum Gasteiger partial charge on any atom is 0.256 e. The molecule has 1 amide bonds. The predicted octanol–water partition coefficient (Wildman–Crippen LogP) is 4.20. The van der Waals surface area contributed by atoms with E-state index in [1.54, 1.807) is 18.9 Å². The van der Waals surface area contributed by atoms with Crippen molar-refractivity contribution < 1.29 is 9.53 Å². The molecule has 0 saturated carbocycles. The van der Waals surface area contributed by atoms with Crippen molar-refractivity contribution in [1.82, 2.24) is 19.7 Å². The summed E-state index contributed by atoms with van der Waals surface area (Å²) in [5.74, 6) is 2.22. The number of piperidine rings is 1. The molecule has 0 unspecified atom stereocenters. The Morgan fingerprint density at radius 1 is 1.06 bits per heavy atom. The van der Waals surface area contributed by atoms with Crippen molar-refractivity contribution in [3.05, 3.63) is 77.6 Å². The van der Waals surface area contributed by atoms with Crippen molar-refractivity contribution in [3.8, 4) is 0 Å². The van der Waals surface area contributed by atoms with E-state index in [1.807, 2.05) is 48.3 Å². The maximum atomic E-state index is 13.0. The van der Waals surface area contributed by atoms with E-state index in [-0.39, 0.29) is 5.91 Å². The Balaban J connectivity index is 1.35. The molecule has 1 aliphatic rings. The quantitative estimate of drug-likeness (QED) is 0.520. The van der Waals surface area contributed by atoms with Crippen molar-refractivity contribution in [2.75, 3.05) is 20.2 Å². The average Bonchev–Trinajstić information content (AvgIpc) is 3.20. The Morgan fingerprint density at radius 3 is 2.35 bits per heavy atom. The largest absolute Gasteiger partial charge is 0.367 e. The minimum Gasteiger partial charge on any atom is -0.367 e.